The van der Waals surface area contributed by atoms with Gasteiger partial charge in [0, 0.05) is 17.8 Å². The van der Waals surface area contributed by atoms with Crippen LogP contribution < -0.4 is 10.0 Å². The third kappa shape index (κ3) is 5.60. The molecule has 0 aliphatic carbocycles. The molecule has 0 fully saturated rings. The van der Waals surface area contributed by atoms with Crippen LogP contribution in [0.3, 0.4) is 0 Å². The number of hydrogen-bond donors (Lipinski definition) is 3. The second-order valence-electron chi connectivity index (χ2n) is 6.03. The van der Waals surface area contributed by atoms with E-state index in [-0.39, 0.29) is 16.6 Å². The van der Waals surface area contributed by atoms with Gasteiger partial charge >= 0.3 is 0 Å². The Balaban J connectivity index is 1.67. The Morgan fingerprint density at radius 3 is 2.38 bits per heavy atom. The van der Waals surface area contributed by atoms with Crippen LogP contribution in [0.5, 0.6) is 5.75 Å². The fourth-order valence-corrected chi connectivity index (χ4v) is 3.76. The topological polar surface area (TPSA) is 95.5 Å². The third-order valence-electron chi connectivity index (χ3n) is 3.85. The van der Waals surface area contributed by atoms with Gasteiger partial charge in [-0.3, -0.25) is 9.52 Å². The van der Waals surface area contributed by atoms with Crippen molar-refractivity contribution in [3.63, 3.8) is 0 Å². The lowest BCUT2D eigenvalue weighted by atomic mass is 10.2. The molecule has 0 heterocycles. The largest absolute Gasteiger partial charge is 0.508 e. The van der Waals surface area contributed by atoms with Crippen molar-refractivity contribution in [2.45, 2.75) is 4.90 Å². The fraction of sp³-hybridized carbons (Fsp3) is 0. The number of carbonyl (C=O) groups excluding carboxylic acids is 1. The molecule has 0 unspecified atom stereocenters. The number of carbonyl (C=O) groups is 1. The van der Waals surface area contributed by atoms with E-state index in [0.717, 1.165) is 0 Å². The van der Waals surface area contributed by atoms with Gasteiger partial charge in [-0.1, -0.05) is 41.9 Å². The number of aromatic hydroxyl groups is 1. The summed E-state index contributed by atoms with van der Waals surface area (Å²) in [4.78, 5) is 12.0. The molecule has 0 bridgehead atoms. The minimum Gasteiger partial charge on any atom is -0.508 e. The summed E-state index contributed by atoms with van der Waals surface area (Å²) in [5, 5.41) is 12.3. The Bertz CT molecular complexity index is 1160. The predicted molar refractivity (Wildman–Crippen MR) is 114 cm³/mol. The molecule has 3 N–H and O–H groups in total. The smallest absolute Gasteiger partial charge is 0.261 e. The standard InChI is InChI=1S/C21H17ClN2O4S/c22-19-6-1-2-7-20(19)24-29(27,28)18-11-8-15(9-12-18)10-13-21(26)23-16-4-3-5-17(25)14-16/h1-14,24-25H,(H,23,26)/b13-10+. The molecule has 0 atom stereocenters. The Hall–Kier alpha value is -3.29. The molecule has 1 amide bonds. The van der Waals surface area contributed by atoms with Gasteiger partial charge in [0.05, 0.1) is 15.6 Å². The van der Waals surface area contributed by atoms with Gasteiger partial charge in [-0.05, 0) is 48.0 Å². The molecule has 0 saturated heterocycles. The van der Waals surface area contributed by atoms with E-state index >= 15 is 0 Å². The molecule has 6 nitrogen and oxygen atoms in total. The molecule has 0 aliphatic heterocycles. The van der Waals surface area contributed by atoms with Crippen LogP contribution in [-0.4, -0.2) is 19.4 Å². The molecule has 29 heavy (non-hydrogen) atoms. The lowest BCUT2D eigenvalue weighted by Gasteiger charge is -2.09. The number of amides is 1. The molecule has 3 aromatic rings. The van der Waals surface area contributed by atoms with Crippen LogP contribution >= 0.6 is 11.6 Å². The van der Waals surface area contributed by atoms with Crippen LogP contribution in [0.4, 0.5) is 11.4 Å². The SMILES string of the molecule is O=C(/C=C/c1ccc(S(=O)(=O)Nc2ccccc2Cl)cc1)Nc1cccc(O)c1. The summed E-state index contributed by atoms with van der Waals surface area (Å²) >= 11 is 5.99. The molecule has 8 heteroatoms. The zero-order valence-electron chi connectivity index (χ0n) is 15.0. The highest BCUT2D eigenvalue weighted by Gasteiger charge is 2.15. The van der Waals surface area contributed by atoms with E-state index in [1.54, 1.807) is 54.6 Å². The molecule has 0 aromatic heterocycles. The van der Waals surface area contributed by atoms with Crippen LogP contribution in [0.2, 0.25) is 5.02 Å². The van der Waals surface area contributed by atoms with Crippen molar-refractivity contribution < 1.29 is 18.3 Å². The van der Waals surface area contributed by atoms with Crippen LogP contribution in [0.1, 0.15) is 5.56 Å². The number of phenolic OH excluding ortho intramolecular Hbond substituents is 1. The molecular weight excluding hydrogens is 412 g/mol. The number of halogens is 1. The number of para-hydroxylation sites is 1. The molecule has 3 rings (SSSR count). The Morgan fingerprint density at radius 1 is 0.966 bits per heavy atom. The maximum atomic E-state index is 12.5. The first kappa shape index (κ1) is 20.4. The van der Waals surface area contributed by atoms with Crippen LogP contribution in [0, 0.1) is 0 Å². The van der Waals surface area contributed by atoms with E-state index in [1.807, 2.05) is 0 Å². The molecule has 3 aromatic carbocycles. The summed E-state index contributed by atoms with van der Waals surface area (Å²) in [7, 11) is -3.79. The van der Waals surface area contributed by atoms with Gasteiger partial charge in [-0.2, -0.15) is 0 Å². The quantitative estimate of drug-likeness (QED) is 0.504. The van der Waals surface area contributed by atoms with E-state index in [1.165, 1.54) is 30.3 Å². The minimum atomic E-state index is -3.79. The number of phenols is 1. The molecule has 0 aliphatic rings. The first-order chi connectivity index (χ1) is 13.8. The van der Waals surface area contributed by atoms with Gasteiger partial charge in [-0.15, -0.1) is 0 Å². The highest BCUT2D eigenvalue weighted by molar-refractivity contribution is 7.92. The second kappa shape index (κ2) is 8.81. The summed E-state index contributed by atoms with van der Waals surface area (Å²) < 4.78 is 27.4. The zero-order valence-corrected chi connectivity index (χ0v) is 16.6. The van der Waals surface area contributed by atoms with E-state index in [9.17, 15) is 18.3 Å². The van der Waals surface area contributed by atoms with E-state index < -0.39 is 10.0 Å². The maximum absolute atomic E-state index is 12.5. The number of benzene rings is 3. The van der Waals surface area contributed by atoms with Crippen molar-refractivity contribution in [1.29, 1.82) is 0 Å². The van der Waals surface area contributed by atoms with Crippen LogP contribution in [-0.2, 0) is 14.8 Å². The highest BCUT2D eigenvalue weighted by Crippen LogP contribution is 2.24. The van der Waals surface area contributed by atoms with Crippen molar-refractivity contribution in [3.05, 3.63) is 89.5 Å². The Labute approximate surface area is 173 Å². The van der Waals surface area contributed by atoms with Crippen molar-refractivity contribution in [3.8, 4) is 5.75 Å². The first-order valence-electron chi connectivity index (χ1n) is 8.49. The van der Waals surface area contributed by atoms with E-state index in [4.69, 9.17) is 11.6 Å². The van der Waals surface area contributed by atoms with Crippen molar-refractivity contribution in [1.82, 2.24) is 0 Å². The summed E-state index contributed by atoms with van der Waals surface area (Å²) in [6.07, 6.45) is 2.87. The number of anilines is 2. The maximum Gasteiger partial charge on any atom is 0.261 e. The first-order valence-corrected chi connectivity index (χ1v) is 10.4. The Kier molecular flexibility index (Phi) is 6.21. The second-order valence-corrected chi connectivity index (χ2v) is 8.12. The predicted octanol–water partition coefficient (Wildman–Crippen LogP) is 4.50. The number of nitrogens with one attached hydrogen (secondary N) is 2. The average molecular weight is 429 g/mol. The van der Waals surface area contributed by atoms with Crippen LogP contribution in [0.25, 0.3) is 6.08 Å². The van der Waals surface area contributed by atoms with Gasteiger partial charge in [0.1, 0.15) is 5.75 Å². The Morgan fingerprint density at radius 2 is 1.69 bits per heavy atom. The third-order valence-corrected chi connectivity index (χ3v) is 5.56. The fourth-order valence-electron chi connectivity index (χ4n) is 2.45. The van der Waals surface area contributed by atoms with E-state index in [2.05, 4.69) is 10.0 Å². The molecule has 0 spiro atoms. The lowest BCUT2D eigenvalue weighted by molar-refractivity contribution is -0.111. The molecule has 0 saturated carbocycles. The van der Waals surface area contributed by atoms with Gasteiger partial charge in [-0.25, -0.2) is 8.42 Å². The molecule has 148 valence electrons. The summed E-state index contributed by atoms with van der Waals surface area (Å²) in [5.41, 5.74) is 1.40. The minimum absolute atomic E-state index is 0.0500. The normalized spacial score (nSPS) is 11.3. The zero-order chi connectivity index (χ0) is 20.9. The van der Waals surface area contributed by atoms with Gasteiger partial charge in [0.15, 0.2) is 0 Å². The van der Waals surface area contributed by atoms with Gasteiger partial charge in [0.25, 0.3) is 10.0 Å². The molecule has 0 radical (unpaired) electrons. The number of rotatable bonds is 6. The van der Waals surface area contributed by atoms with E-state index in [0.29, 0.717) is 22.0 Å². The average Bonchev–Trinajstić information content (AvgIpc) is 2.68. The monoisotopic (exact) mass is 428 g/mol. The summed E-state index contributed by atoms with van der Waals surface area (Å²) in [6, 6.07) is 18.8. The van der Waals surface area contributed by atoms with Crippen molar-refractivity contribution in [2.75, 3.05) is 10.0 Å². The number of sulfonamides is 1. The van der Waals surface area contributed by atoms with Crippen molar-refractivity contribution in [2.24, 2.45) is 0 Å². The van der Waals surface area contributed by atoms with Crippen molar-refractivity contribution >= 4 is 45.0 Å². The summed E-state index contributed by atoms with van der Waals surface area (Å²) in [6.45, 7) is 0. The van der Waals surface area contributed by atoms with Gasteiger partial charge < -0.3 is 10.4 Å². The highest BCUT2D eigenvalue weighted by atomic mass is 35.5. The van der Waals surface area contributed by atoms with Crippen LogP contribution in [0.15, 0.2) is 83.8 Å². The van der Waals surface area contributed by atoms with Gasteiger partial charge in [0.2, 0.25) is 5.91 Å². The molecular formula is C21H17ClN2O4S. The summed E-state index contributed by atoms with van der Waals surface area (Å²) in [5.74, 6) is -0.332. The number of hydrogen-bond acceptors (Lipinski definition) is 4. The lowest BCUT2D eigenvalue weighted by Crippen LogP contribution is -2.13.